The lowest BCUT2D eigenvalue weighted by Crippen LogP contribution is -2.35. The lowest BCUT2D eigenvalue weighted by Gasteiger charge is -2.30. The Morgan fingerprint density at radius 1 is 1.45 bits per heavy atom. The average molecular weight is 332 g/mol. The molecule has 3 rings (SSSR count). The van der Waals surface area contributed by atoms with Crippen molar-refractivity contribution in [2.45, 2.75) is 42.4 Å². The summed E-state index contributed by atoms with van der Waals surface area (Å²) < 4.78 is 0. The zero-order chi connectivity index (χ0) is 14.5. The number of hydrogen-bond donors (Lipinski definition) is 1. The summed E-state index contributed by atoms with van der Waals surface area (Å²) in [5.74, 6) is 2.74. The topological polar surface area (TPSA) is 60.2 Å². The van der Waals surface area contributed by atoms with Crippen LogP contribution in [0.3, 0.4) is 0 Å². The van der Waals surface area contributed by atoms with E-state index in [4.69, 9.17) is 5.73 Å². The van der Waals surface area contributed by atoms with Crippen LogP contribution in [-0.2, 0) is 4.79 Å². The Hall–Kier alpha value is 0.190. The van der Waals surface area contributed by atoms with Crippen LogP contribution < -0.4 is 5.73 Å². The number of ketones is 1. The standard InChI is InChI=1S/C14H21NO2S3/c1-14(2)5-9-10(7(14)6-19-13(15)17)11(16)12-8(20-12)3-4-18-9/h7-10,12H,3-6H2,1-2H3,(H2,15,17). The van der Waals surface area contributed by atoms with E-state index in [1.165, 1.54) is 23.9 Å². The lowest BCUT2D eigenvalue weighted by atomic mass is 9.78. The molecule has 20 heavy (non-hydrogen) atoms. The van der Waals surface area contributed by atoms with Crippen LogP contribution in [-0.4, -0.2) is 38.3 Å². The molecule has 0 spiro atoms. The SMILES string of the molecule is CC1(C)CC2SCCC3SC3C(=O)C2C1CSC(N)=O. The van der Waals surface area contributed by atoms with Gasteiger partial charge in [0.1, 0.15) is 0 Å². The van der Waals surface area contributed by atoms with E-state index in [-0.39, 0.29) is 27.7 Å². The minimum atomic E-state index is -0.325. The molecule has 0 aromatic carbocycles. The molecule has 2 aliphatic heterocycles. The summed E-state index contributed by atoms with van der Waals surface area (Å²) >= 11 is 5.02. The summed E-state index contributed by atoms with van der Waals surface area (Å²) in [4.78, 5) is 23.9. The van der Waals surface area contributed by atoms with Crippen LogP contribution in [0.1, 0.15) is 26.7 Å². The van der Waals surface area contributed by atoms with Crippen molar-refractivity contribution in [1.29, 1.82) is 0 Å². The second-order valence-corrected chi connectivity index (χ2v) is 10.4. The molecule has 3 nitrogen and oxygen atoms in total. The number of nitrogens with two attached hydrogens (primary N) is 1. The highest BCUT2D eigenvalue weighted by atomic mass is 32.2. The van der Waals surface area contributed by atoms with Crippen molar-refractivity contribution >= 4 is 46.3 Å². The number of amides is 1. The van der Waals surface area contributed by atoms with Crippen molar-refractivity contribution in [2.24, 2.45) is 23.0 Å². The summed E-state index contributed by atoms with van der Waals surface area (Å²) in [6, 6.07) is 0. The maximum Gasteiger partial charge on any atom is 0.276 e. The molecule has 0 bridgehead atoms. The van der Waals surface area contributed by atoms with Gasteiger partial charge in [-0.1, -0.05) is 25.6 Å². The molecule has 3 aliphatic rings. The average Bonchev–Trinajstić information content (AvgIpc) is 3.04. The summed E-state index contributed by atoms with van der Waals surface area (Å²) in [5, 5.41) is 0.939. The van der Waals surface area contributed by atoms with Crippen LogP contribution in [0.2, 0.25) is 0 Å². The maximum absolute atomic E-state index is 12.8. The first-order valence-electron chi connectivity index (χ1n) is 7.13. The summed E-state index contributed by atoms with van der Waals surface area (Å²) in [6.45, 7) is 4.49. The van der Waals surface area contributed by atoms with Crippen LogP contribution in [0.25, 0.3) is 0 Å². The summed E-state index contributed by atoms with van der Waals surface area (Å²) in [7, 11) is 0. The van der Waals surface area contributed by atoms with Crippen LogP contribution in [0.5, 0.6) is 0 Å². The molecule has 2 saturated heterocycles. The first-order valence-corrected chi connectivity index (χ1v) is 10.1. The quantitative estimate of drug-likeness (QED) is 0.788. The molecule has 3 fully saturated rings. The number of Topliss-reactive ketones (excluding diaryl/α,β-unsaturated/α-hetero) is 1. The van der Waals surface area contributed by atoms with Crippen molar-refractivity contribution in [1.82, 2.24) is 0 Å². The number of carbonyl (C=O) groups is 2. The fourth-order valence-electron chi connectivity index (χ4n) is 3.73. The van der Waals surface area contributed by atoms with Crippen LogP contribution in [0, 0.1) is 17.3 Å². The monoisotopic (exact) mass is 331 g/mol. The molecule has 1 saturated carbocycles. The van der Waals surface area contributed by atoms with Gasteiger partial charge in [-0.25, -0.2) is 0 Å². The Balaban J connectivity index is 1.82. The highest BCUT2D eigenvalue weighted by molar-refractivity contribution is 8.13. The zero-order valence-electron chi connectivity index (χ0n) is 11.8. The van der Waals surface area contributed by atoms with Gasteiger partial charge >= 0.3 is 0 Å². The Labute approximate surface area is 132 Å². The highest BCUT2D eigenvalue weighted by Gasteiger charge is 2.57. The normalized spacial score (nSPS) is 42.3. The number of hydrogen-bond acceptors (Lipinski definition) is 5. The van der Waals surface area contributed by atoms with Crippen molar-refractivity contribution in [3.8, 4) is 0 Å². The Morgan fingerprint density at radius 3 is 2.90 bits per heavy atom. The number of rotatable bonds is 2. The summed E-state index contributed by atoms with van der Waals surface area (Å²) in [6.07, 6.45) is 2.26. The van der Waals surface area contributed by atoms with E-state index < -0.39 is 0 Å². The third-order valence-electron chi connectivity index (χ3n) is 4.90. The van der Waals surface area contributed by atoms with Crippen molar-refractivity contribution < 1.29 is 9.59 Å². The van der Waals surface area contributed by atoms with Gasteiger partial charge in [0.2, 0.25) is 0 Å². The predicted octanol–water partition coefficient (Wildman–Crippen LogP) is 3.02. The third kappa shape index (κ3) is 2.75. The van der Waals surface area contributed by atoms with Crippen LogP contribution in [0.15, 0.2) is 0 Å². The molecular weight excluding hydrogens is 310 g/mol. The molecule has 1 amide bonds. The van der Waals surface area contributed by atoms with Gasteiger partial charge < -0.3 is 5.73 Å². The van der Waals surface area contributed by atoms with Gasteiger partial charge in [-0.2, -0.15) is 11.8 Å². The van der Waals surface area contributed by atoms with E-state index in [2.05, 4.69) is 13.8 Å². The van der Waals surface area contributed by atoms with Crippen molar-refractivity contribution in [3.05, 3.63) is 0 Å². The molecule has 1 aliphatic carbocycles. The second kappa shape index (κ2) is 5.43. The van der Waals surface area contributed by atoms with Gasteiger partial charge in [-0.3, -0.25) is 9.59 Å². The molecule has 2 heterocycles. The van der Waals surface area contributed by atoms with E-state index >= 15 is 0 Å². The number of fused-ring (bicyclic) bond motifs is 2. The van der Waals surface area contributed by atoms with Crippen molar-refractivity contribution in [2.75, 3.05) is 11.5 Å². The Morgan fingerprint density at radius 2 is 2.20 bits per heavy atom. The van der Waals surface area contributed by atoms with E-state index in [0.717, 1.165) is 6.42 Å². The molecular formula is C14H21NO2S3. The molecule has 112 valence electrons. The van der Waals surface area contributed by atoms with E-state index in [1.54, 1.807) is 0 Å². The van der Waals surface area contributed by atoms with Gasteiger partial charge in [-0.05, 0) is 29.9 Å². The minimum Gasteiger partial charge on any atom is -0.361 e. The number of primary amides is 1. The zero-order valence-corrected chi connectivity index (χ0v) is 14.3. The molecule has 6 heteroatoms. The predicted molar refractivity (Wildman–Crippen MR) is 88.5 cm³/mol. The number of thioether (sulfide) groups is 3. The van der Waals surface area contributed by atoms with E-state index in [0.29, 0.717) is 22.0 Å². The fourth-order valence-corrected chi connectivity index (χ4v) is 7.75. The van der Waals surface area contributed by atoms with Crippen LogP contribution >= 0.6 is 35.3 Å². The van der Waals surface area contributed by atoms with E-state index in [1.807, 2.05) is 23.5 Å². The van der Waals surface area contributed by atoms with Gasteiger partial charge in [0, 0.05) is 22.2 Å². The summed E-state index contributed by atoms with van der Waals surface area (Å²) in [5.41, 5.74) is 5.41. The number of carbonyl (C=O) groups excluding carboxylic acids is 2. The molecule has 5 unspecified atom stereocenters. The smallest absolute Gasteiger partial charge is 0.276 e. The molecule has 2 N–H and O–H groups in total. The van der Waals surface area contributed by atoms with Gasteiger partial charge in [0.15, 0.2) is 5.78 Å². The first-order chi connectivity index (χ1) is 9.40. The maximum atomic E-state index is 12.8. The second-order valence-electron chi connectivity index (χ2n) is 6.65. The minimum absolute atomic E-state index is 0.125. The molecule has 0 radical (unpaired) electrons. The third-order valence-corrected chi connectivity index (χ3v) is 8.46. The largest absolute Gasteiger partial charge is 0.361 e. The fraction of sp³-hybridized carbons (Fsp3) is 0.857. The van der Waals surface area contributed by atoms with Gasteiger partial charge in [-0.15, -0.1) is 11.8 Å². The molecule has 0 aromatic rings. The molecule has 0 aromatic heterocycles. The van der Waals surface area contributed by atoms with Crippen LogP contribution in [0.4, 0.5) is 4.79 Å². The highest BCUT2D eigenvalue weighted by Crippen LogP contribution is 2.58. The lowest BCUT2D eigenvalue weighted by molar-refractivity contribution is -0.122. The Kier molecular flexibility index (Phi) is 4.10. The first kappa shape index (κ1) is 15.1. The molecule has 5 atom stereocenters. The Bertz CT molecular complexity index is 440. The van der Waals surface area contributed by atoms with Crippen molar-refractivity contribution in [3.63, 3.8) is 0 Å². The van der Waals surface area contributed by atoms with Gasteiger partial charge in [0.25, 0.3) is 5.24 Å². The van der Waals surface area contributed by atoms with E-state index in [9.17, 15) is 9.59 Å². The van der Waals surface area contributed by atoms with Gasteiger partial charge in [0.05, 0.1) is 5.25 Å².